The second kappa shape index (κ2) is 9.91. The number of nitrogens with one attached hydrogen (secondary N) is 3. The molecule has 10 nitrogen and oxygen atoms in total. The zero-order chi connectivity index (χ0) is 26.0. The van der Waals surface area contributed by atoms with Crippen molar-refractivity contribution in [2.24, 2.45) is 10.9 Å². The molecule has 3 atom stereocenters. The number of carboxylic acids is 1. The zero-order valence-electron chi connectivity index (χ0n) is 20.6. The Morgan fingerprint density at radius 1 is 1.30 bits per heavy atom. The van der Waals surface area contributed by atoms with Crippen molar-refractivity contribution in [3.63, 3.8) is 0 Å². The Bertz CT molecular complexity index is 1370. The van der Waals surface area contributed by atoms with E-state index in [1.165, 1.54) is 0 Å². The van der Waals surface area contributed by atoms with Gasteiger partial charge in [0, 0.05) is 48.9 Å². The summed E-state index contributed by atoms with van der Waals surface area (Å²) in [5, 5.41) is 18.8. The highest BCUT2D eigenvalue weighted by Gasteiger charge is 2.50. The Balaban J connectivity index is 1.61. The van der Waals surface area contributed by atoms with Gasteiger partial charge >= 0.3 is 12.0 Å². The van der Waals surface area contributed by atoms with Crippen LogP contribution in [0.1, 0.15) is 26.7 Å². The fraction of sp³-hybridized carbons (Fsp3) is 0.346. The number of carbonyl (C=O) groups is 2. The predicted molar refractivity (Wildman–Crippen MR) is 145 cm³/mol. The molecule has 5 rings (SSSR count). The number of aliphatic imine (C=N–C) groups is 1. The van der Waals surface area contributed by atoms with Crippen LogP contribution in [0.15, 0.2) is 59.3 Å². The minimum absolute atomic E-state index is 0.229. The van der Waals surface area contributed by atoms with Gasteiger partial charge in [-0.3, -0.25) is 15.1 Å². The Morgan fingerprint density at radius 3 is 2.86 bits per heavy atom. The molecular formula is C26H29N7O3S. The van der Waals surface area contributed by atoms with Gasteiger partial charge in [0.05, 0.1) is 21.4 Å². The van der Waals surface area contributed by atoms with E-state index in [1.54, 1.807) is 30.7 Å². The van der Waals surface area contributed by atoms with E-state index >= 15 is 0 Å². The molecule has 1 aromatic carbocycles. The Labute approximate surface area is 218 Å². The topological polar surface area (TPSA) is 132 Å². The molecule has 2 aromatic heterocycles. The fourth-order valence-electron chi connectivity index (χ4n) is 4.94. The number of hydrogen-bond donors (Lipinski definition) is 4. The third-order valence-electron chi connectivity index (χ3n) is 7.00. The molecule has 1 saturated heterocycles. The van der Waals surface area contributed by atoms with E-state index in [1.807, 2.05) is 59.9 Å². The molecule has 1 fully saturated rings. The summed E-state index contributed by atoms with van der Waals surface area (Å²) in [5.74, 6) is -2.31. The summed E-state index contributed by atoms with van der Waals surface area (Å²) in [5.41, 5.74) is 4.14. The van der Waals surface area contributed by atoms with Crippen LogP contribution in [0.25, 0.3) is 21.5 Å². The Kier molecular flexibility index (Phi) is 6.65. The van der Waals surface area contributed by atoms with Crippen LogP contribution >= 0.6 is 11.3 Å². The third-order valence-corrected chi connectivity index (χ3v) is 7.88. The van der Waals surface area contributed by atoms with Crippen LogP contribution < -0.4 is 20.9 Å². The number of anilines is 1. The van der Waals surface area contributed by atoms with E-state index in [2.05, 4.69) is 25.9 Å². The number of piperidine rings is 1. The summed E-state index contributed by atoms with van der Waals surface area (Å²) < 4.78 is 1.02. The standard InChI is InChI=1S/C26H29N7O3S/c1-3-27-24(36)32-26(17-8-9-25(2,23(34)35)31-15-17)30-11-6-12-33(26)18-13-19(20-7-4-5-10-28-20)22-21(14-18)29-16-37-22/h4-7,10-14,16-17,31H,3,8-9,15H2,1-2H3,(H,34,35)(H2,27,32,36). The van der Waals surface area contributed by atoms with Crippen molar-refractivity contribution in [3.8, 4) is 11.3 Å². The van der Waals surface area contributed by atoms with Crippen molar-refractivity contribution in [1.29, 1.82) is 0 Å². The van der Waals surface area contributed by atoms with E-state index in [-0.39, 0.29) is 11.9 Å². The largest absolute Gasteiger partial charge is 0.480 e. The second-order valence-corrected chi connectivity index (χ2v) is 10.2. The monoisotopic (exact) mass is 519 g/mol. The molecule has 192 valence electrons. The summed E-state index contributed by atoms with van der Waals surface area (Å²) in [6, 6.07) is 9.45. The highest BCUT2D eigenvalue weighted by Crippen LogP contribution is 2.41. The summed E-state index contributed by atoms with van der Waals surface area (Å²) in [4.78, 5) is 40.7. The lowest BCUT2D eigenvalue weighted by atomic mass is 9.81. The number of pyridine rings is 1. The molecular weight excluding hydrogens is 490 g/mol. The maximum atomic E-state index is 12.9. The van der Waals surface area contributed by atoms with Gasteiger partial charge in [0.15, 0.2) is 0 Å². The number of benzene rings is 1. The number of aromatic nitrogens is 2. The van der Waals surface area contributed by atoms with Crippen LogP contribution in [-0.2, 0) is 4.79 Å². The van der Waals surface area contributed by atoms with Gasteiger partial charge in [0.1, 0.15) is 5.54 Å². The minimum atomic E-state index is -1.19. The Morgan fingerprint density at radius 2 is 2.16 bits per heavy atom. The van der Waals surface area contributed by atoms with E-state index < -0.39 is 17.3 Å². The van der Waals surface area contributed by atoms with Crippen molar-refractivity contribution < 1.29 is 14.7 Å². The molecule has 4 N–H and O–H groups in total. The molecule has 0 bridgehead atoms. The number of nitrogens with zero attached hydrogens (tertiary/aromatic N) is 4. The highest BCUT2D eigenvalue weighted by molar-refractivity contribution is 7.17. The highest BCUT2D eigenvalue weighted by atomic mass is 32.1. The van der Waals surface area contributed by atoms with Gasteiger partial charge in [-0.15, -0.1) is 11.3 Å². The first-order valence-electron chi connectivity index (χ1n) is 12.2. The number of urea groups is 1. The normalized spacial score (nSPS) is 25.2. The summed E-state index contributed by atoms with van der Waals surface area (Å²) >= 11 is 1.55. The first-order valence-corrected chi connectivity index (χ1v) is 13.1. The van der Waals surface area contributed by atoms with E-state index in [4.69, 9.17) is 4.99 Å². The van der Waals surface area contributed by atoms with Crippen LogP contribution in [0.5, 0.6) is 0 Å². The van der Waals surface area contributed by atoms with Gasteiger partial charge in [0.2, 0.25) is 5.79 Å². The van der Waals surface area contributed by atoms with Crippen molar-refractivity contribution in [2.75, 3.05) is 18.0 Å². The summed E-state index contributed by atoms with van der Waals surface area (Å²) in [7, 11) is 0. The predicted octanol–water partition coefficient (Wildman–Crippen LogP) is 3.58. The minimum Gasteiger partial charge on any atom is -0.480 e. The fourth-order valence-corrected chi connectivity index (χ4v) is 5.74. The molecule has 0 aliphatic carbocycles. The average molecular weight is 520 g/mol. The Hall–Kier alpha value is -3.83. The van der Waals surface area contributed by atoms with Gasteiger partial charge in [-0.1, -0.05) is 6.07 Å². The van der Waals surface area contributed by atoms with Crippen molar-refractivity contribution in [2.45, 2.75) is 38.0 Å². The molecule has 0 spiro atoms. The van der Waals surface area contributed by atoms with E-state index in [9.17, 15) is 14.7 Å². The van der Waals surface area contributed by atoms with Gasteiger partial charge < -0.3 is 20.6 Å². The number of carboxylic acid groups (broad SMARTS) is 1. The number of allylic oxidation sites excluding steroid dienone is 1. The van der Waals surface area contributed by atoms with Crippen LogP contribution in [0, 0.1) is 5.92 Å². The van der Waals surface area contributed by atoms with Crippen LogP contribution in [0.4, 0.5) is 10.5 Å². The maximum absolute atomic E-state index is 12.9. The lowest BCUT2D eigenvalue weighted by Gasteiger charge is -2.49. The van der Waals surface area contributed by atoms with E-state index in [0.717, 1.165) is 27.2 Å². The molecule has 2 aliphatic rings. The molecule has 2 aliphatic heterocycles. The molecule has 0 saturated carbocycles. The van der Waals surface area contributed by atoms with E-state index in [0.29, 0.717) is 25.9 Å². The molecule has 4 heterocycles. The smallest absolute Gasteiger partial charge is 0.323 e. The average Bonchev–Trinajstić information content (AvgIpc) is 3.38. The number of fused-ring (bicyclic) bond motifs is 1. The van der Waals surface area contributed by atoms with Crippen LogP contribution in [0.3, 0.4) is 0 Å². The number of thiazole rings is 1. The lowest BCUT2D eigenvalue weighted by Crippen LogP contribution is -2.69. The SMILES string of the molecule is CCNC(=O)NC1(C2CCC(C)(C(=O)O)NC2)N=CC=CN1c1cc(-c2ccccn2)c2scnc2c1. The molecule has 3 aromatic rings. The maximum Gasteiger partial charge on any atom is 0.323 e. The number of carbonyl (C=O) groups excluding carboxylic acids is 1. The first kappa shape index (κ1) is 24.8. The quantitative estimate of drug-likeness (QED) is 0.391. The number of amides is 2. The summed E-state index contributed by atoms with van der Waals surface area (Å²) in [6.45, 7) is 4.34. The second-order valence-electron chi connectivity index (χ2n) is 9.36. The van der Waals surface area contributed by atoms with Crippen molar-refractivity contribution in [3.05, 3.63) is 54.3 Å². The summed E-state index contributed by atoms with van der Waals surface area (Å²) in [6.07, 6.45) is 8.07. The zero-order valence-corrected chi connectivity index (χ0v) is 21.5. The number of rotatable bonds is 6. The van der Waals surface area contributed by atoms with Gasteiger partial charge in [0.25, 0.3) is 0 Å². The number of aliphatic carboxylic acids is 1. The van der Waals surface area contributed by atoms with Gasteiger partial charge in [-0.25, -0.2) is 14.8 Å². The van der Waals surface area contributed by atoms with Crippen LogP contribution in [0.2, 0.25) is 0 Å². The van der Waals surface area contributed by atoms with Crippen molar-refractivity contribution in [1.82, 2.24) is 25.9 Å². The molecule has 0 radical (unpaired) electrons. The van der Waals surface area contributed by atoms with Gasteiger partial charge in [-0.2, -0.15) is 0 Å². The van der Waals surface area contributed by atoms with Crippen molar-refractivity contribution >= 4 is 45.5 Å². The molecule has 11 heteroatoms. The van der Waals surface area contributed by atoms with Gasteiger partial charge in [-0.05, 0) is 57.0 Å². The molecule has 3 unspecified atom stereocenters. The lowest BCUT2D eigenvalue weighted by molar-refractivity contribution is -0.145. The number of hydrogen-bond acceptors (Lipinski definition) is 8. The molecule has 37 heavy (non-hydrogen) atoms. The first-order chi connectivity index (χ1) is 17.9. The molecule has 2 amide bonds. The van der Waals surface area contributed by atoms with Crippen LogP contribution in [-0.4, -0.2) is 57.7 Å². The third kappa shape index (κ3) is 4.56.